The number of nitrogens with one attached hydrogen (secondary N) is 1. The van der Waals surface area contributed by atoms with Crippen molar-refractivity contribution in [3.05, 3.63) is 48.0 Å². The fourth-order valence-corrected chi connectivity index (χ4v) is 2.61. The first-order valence-corrected chi connectivity index (χ1v) is 7.44. The van der Waals surface area contributed by atoms with Crippen molar-refractivity contribution in [3.8, 4) is 0 Å². The lowest BCUT2D eigenvalue weighted by Gasteiger charge is -2.34. The zero-order valence-corrected chi connectivity index (χ0v) is 12.7. The molecule has 1 N–H and O–H groups in total. The first kappa shape index (κ1) is 14.6. The molecule has 1 fully saturated rings. The maximum atomic E-state index is 11.5. The van der Waals surface area contributed by atoms with Gasteiger partial charge in [-0.25, -0.2) is 4.98 Å². The molecule has 0 atom stereocenters. The van der Waals surface area contributed by atoms with Crippen LogP contribution in [0.4, 0.5) is 5.82 Å². The molecule has 0 saturated carbocycles. The standard InChI is InChI=1S/C16H20N4O2/c1-17-16(21)13-4-5-15(18-11-13)20-8-6-19(7-9-20)12-14-3-2-10-22-14/h2-5,10-11H,6-9,12H2,1H3,(H,17,21). The highest BCUT2D eigenvalue weighted by Crippen LogP contribution is 2.15. The molecule has 2 aromatic rings. The molecule has 0 spiro atoms. The number of amides is 1. The average Bonchev–Trinajstić information content (AvgIpc) is 3.08. The summed E-state index contributed by atoms with van der Waals surface area (Å²) in [5, 5.41) is 2.60. The van der Waals surface area contributed by atoms with E-state index in [2.05, 4.69) is 20.1 Å². The van der Waals surface area contributed by atoms with E-state index in [1.807, 2.05) is 24.3 Å². The molecule has 1 aliphatic heterocycles. The number of carbonyl (C=O) groups excluding carboxylic acids is 1. The Labute approximate surface area is 129 Å². The number of furan rings is 1. The van der Waals surface area contributed by atoms with Crippen molar-refractivity contribution in [3.63, 3.8) is 0 Å². The van der Waals surface area contributed by atoms with Crippen LogP contribution in [0.1, 0.15) is 16.1 Å². The zero-order valence-electron chi connectivity index (χ0n) is 12.7. The van der Waals surface area contributed by atoms with E-state index in [-0.39, 0.29) is 5.91 Å². The van der Waals surface area contributed by atoms with Gasteiger partial charge in [0.15, 0.2) is 0 Å². The second-order valence-corrected chi connectivity index (χ2v) is 5.33. The summed E-state index contributed by atoms with van der Waals surface area (Å²) in [6.07, 6.45) is 3.34. The Kier molecular flexibility index (Phi) is 4.39. The normalized spacial score (nSPS) is 15.8. The summed E-state index contributed by atoms with van der Waals surface area (Å²) in [7, 11) is 1.62. The van der Waals surface area contributed by atoms with Crippen molar-refractivity contribution < 1.29 is 9.21 Å². The number of piperazine rings is 1. The summed E-state index contributed by atoms with van der Waals surface area (Å²) >= 11 is 0. The highest BCUT2D eigenvalue weighted by molar-refractivity contribution is 5.93. The van der Waals surface area contributed by atoms with Gasteiger partial charge in [-0.15, -0.1) is 0 Å². The van der Waals surface area contributed by atoms with Crippen LogP contribution < -0.4 is 10.2 Å². The van der Waals surface area contributed by atoms with Crippen LogP contribution in [0.3, 0.4) is 0 Å². The molecule has 0 aromatic carbocycles. The summed E-state index contributed by atoms with van der Waals surface area (Å²) < 4.78 is 5.39. The van der Waals surface area contributed by atoms with Crippen molar-refractivity contribution in [2.24, 2.45) is 0 Å². The molecule has 2 aromatic heterocycles. The van der Waals surface area contributed by atoms with E-state index in [4.69, 9.17) is 4.42 Å². The Morgan fingerprint density at radius 3 is 2.68 bits per heavy atom. The van der Waals surface area contributed by atoms with Crippen LogP contribution >= 0.6 is 0 Å². The Balaban J connectivity index is 1.55. The number of rotatable bonds is 4. The summed E-state index contributed by atoms with van der Waals surface area (Å²) in [5.41, 5.74) is 0.586. The molecule has 22 heavy (non-hydrogen) atoms. The fraction of sp³-hybridized carbons (Fsp3) is 0.375. The zero-order chi connectivity index (χ0) is 15.4. The van der Waals surface area contributed by atoms with Gasteiger partial charge in [0.25, 0.3) is 5.91 Å². The van der Waals surface area contributed by atoms with Gasteiger partial charge in [0.05, 0.1) is 18.4 Å². The van der Waals surface area contributed by atoms with Crippen molar-refractivity contribution in [2.75, 3.05) is 38.1 Å². The molecule has 1 amide bonds. The number of hydrogen-bond donors (Lipinski definition) is 1. The van der Waals surface area contributed by atoms with E-state index in [0.29, 0.717) is 5.56 Å². The van der Waals surface area contributed by atoms with Gasteiger partial charge in [0, 0.05) is 39.4 Å². The molecule has 0 unspecified atom stereocenters. The third kappa shape index (κ3) is 3.28. The predicted molar refractivity (Wildman–Crippen MR) is 83.8 cm³/mol. The monoisotopic (exact) mass is 300 g/mol. The minimum atomic E-state index is -0.109. The third-order valence-corrected chi connectivity index (χ3v) is 3.89. The number of nitrogens with zero attached hydrogens (tertiary/aromatic N) is 3. The van der Waals surface area contributed by atoms with E-state index in [1.54, 1.807) is 19.5 Å². The SMILES string of the molecule is CNC(=O)c1ccc(N2CCN(Cc3ccco3)CC2)nc1. The van der Waals surface area contributed by atoms with Gasteiger partial charge in [0.2, 0.25) is 0 Å². The Bertz CT molecular complexity index is 602. The van der Waals surface area contributed by atoms with Crippen molar-refractivity contribution >= 4 is 11.7 Å². The molecule has 0 aliphatic carbocycles. The molecule has 6 nitrogen and oxygen atoms in total. The van der Waals surface area contributed by atoms with Crippen molar-refractivity contribution in [1.82, 2.24) is 15.2 Å². The third-order valence-electron chi connectivity index (χ3n) is 3.89. The van der Waals surface area contributed by atoms with Crippen molar-refractivity contribution in [1.29, 1.82) is 0 Å². The second kappa shape index (κ2) is 6.62. The molecule has 6 heteroatoms. The first-order valence-electron chi connectivity index (χ1n) is 7.44. The second-order valence-electron chi connectivity index (χ2n) is 5.33. The molecular weight excluding hydrogens is 280 g/mol. The van der Waals surface area contributed by atoms with Crippen LogP contribution in [-0.4, -0.2) is 49.0 Å². The average molecular weight is 300 g/mol. The van der Waals surface area contributed by atoms with Crippen LogP contribution in [0, 0.1) is 0 Å². The van der Waals surface area contributed by atoms with Gasteiger partial charge >= 0.3 is 0 Å². The summed E-state index contributed by atoms with van der Waals surface area (Å²) in [4.78, 5) is 20.5. The van der Waals surface area contributed by atoms with Crippen LogP contribution in [0.2, 0.25) is 0 Å². The smallest absolute Gasteiger partial charge is 0.252 e. The van der Waals surface area contributed by atoms with Crippen molar-refractivity contribution in [2.45, 2.75) is 6.54 Å². The number of hydrogen-bond acceptors (Lipinski definition) is 5. The van der Waals surface area contributed by atoms with Crippen LogP contribution in [0.15, 0.2) is 41.1 Å². The van der Waals surface area contributed by atoms with E-state index < -0.39 is 0 Å². The molecule has 0 bridgehead atoms. The fourth-order valence-electron chi connectivity index (χ4n) is 2.61. The maximum absolute atomic E-state index is 11.5. The molecule has 1 saturated heterocycles. The van der Waals surface area contributed by atoms with Gasteiger partial charge in [-0.3, -0.25) is 9.69 Å². The molecule has 3 heterocycles. The Morgan fingerprint density at radius 1 is 1.27 bits per heavy atom. The molecule has 0 radical (unpaired) electrons. The van der Waals surface area contributed by atoms with Gasteiger partial charge in [0.1, 0.15) is 11.6 Å². The molecule has 116 valence electrons. The summed E-state index contributed by atoms with van der Waals surface area (Å²) in [5.74, 6) is 1.81. The quantitative estimate of drug-likeness (QED) is 0.923. The minimum absolute atomic E-state index is 0.109. The van der Waals surface area contributed by atoms with Crippen LogP contribution in [-0.2, 0) is 6.54 Å². The minimum Gasteiger partial charge on any atom is -0.468 e. The van der Waals surface area contributed by atoms with Gasteiger partial charge in [-0.05, 0) is 24.3 Å². The number of aromatic nitrogens is 1. The largest absolute Gasteiger partial charge is 0.468 e. The molecular formula is C16H20N4O2. The number of anilines is 1. The van der Waals surface area contributed by atoms with E-state index in [0.717, 1.165) is 44.3 Å². The van der Waals surface area contributed by atoms with Crippen LogP contribution in [0.25, 0.3) is 0 Å². The maximum Gasteiger partial charge on any atom is 0.252 e. The topological polar surface area (TPSA) is 61.6 Å². The van der Waals surface area contributed by atoms with Gasteiger partial charge in [-0.2, -0.15) is 0 Å². The Hall–Kier alpha value is -2.34. The summed E-state index contributed by atoms with van der Waals surface area (Å²) in [6, 6.07) is 7.65. The first-order chi connectivity index (χ1) is 10.8. The van der Waals surface area contributed by atoms with E-state index >= 15 is 0 Å². The summed E-state index contributed by atoms with van der Waals surface area (Å²) in [6.45, 7) is 4.64. The van der Waals surface area contributed by atoms with E-state index in [1.165, 1.54) is 0 Å². The lowest BCUT2D eigenvalue weighted by Crippen LogP contribution is -2.46. The highest BCUT2D eigenvalue weighted by atomic mass is 16.3. The van der Waals surface area contributed by atoms with Gasteiger partial charge in [-0.1, -0.05) is 0 Å². The van der Waals surface area contributed by atoms with Gasteiger partial charge < -0.3 is 14.6 Å². The number of carbonyl (C=O) groups is 1. The highest BCUT2D eigenvalue weighted by Gasteiger charge is 2.19. The molecule has 3 rings (SSSR count). The lowest BCUT2D eigenvalue weighted by molar-refractivity contribution is 0.0963. The number of pyridine rings is 1. The van der Waals surface area contributed by atoms with E-state index in [9.17, 15) is 4.79 Å². The predicted octanol–water partition coefficient (Wildman–Crippen LogP) is 1.36. The lowest BCUT2D eigenvalue weighted by atomic mass is 10.2. The van der Waals surface area contributed by atoms with Crippen LogP contribution in [0.5, 0.6) is 0 Å². The molecule has 1 aliphatic rings. The Morgan fingerprint density at radius 2 is 2.09 bits per heavy atom.